The summed E-state index contributed by atoms with van der Waals surface area (Å²) in [6.45, 7) is 12.1. The van der Waals surface area contributed by atoms with Gasteiger partial charge in [-0.2, -0.15) is 0 Å². The van der Waals surface area contributed by atoms with Crippen LogP contribution in [0.25, 0.3) is 11.1 Å². The molecule has 3 aromatic rings. The van der Waals surface area contributed by atoms with E-state index in [9.17, 15) is 9.18 Å². The Bertz CT molecular complexity index is 1320. The van der Waals surface area contributed by atoms with Crippen LogP contribution < -0.4 is 10.6 Å². The average molecular weight is 544 g/mol. The Kier molecular flexibility index (Phi) is 8.99. The average Bonchev–Trinajstić information content (AvgIpc) is 2.94. The van der Waals surface area contributed by atoms with Crippen LogP contribution in [0.1, 0.15) is 53.7 Å². The van der Waals surface area contributed by atoms with Gasteiger partial charge < -0.3 is 15.1 Å². The Morgan fingerprint density at radius 3 is 2.58 bits per heavy atom. The number of amides is 1. The first-order valence-corrected chi connectivity index (χ1v) is 14.8. The lowest BCUT2D eigenvalue weighted by Gasteiger charge is -2.40. The van der Waals surface area contributed by atoms with Crippen LogP contribution in [0.15, 0.2) is 66.7 Å². The minimum atomic E-state index is -0.251. The molecular formula is C34H44FN4O+. The molecule has 0 spiro atoms. The van der Waals surface area contributed by atoms with Crippen molar-refractivity contribution < 1.29 is 13.7 Å². The van der Waals surface area contributed by atoms with Crippen molar-refractivity contribution in [2.45, 2.75) is 52.4 Å². The first-order chi connectivity index (χ1) is 19.3. The van der Waals surface area contributed by atoms with Gasteiger partial charge in [0.05, 0.1) is 20.1 Å². The van der Waals surface area contributed by atoms with Crippen molar-refractivity contribution in [2.24, 2.45) is 5.92 Å². The summed E-state index contributed by atoms with van der Waals surface area (Å²) in [6, 6.07) is 21.8. The van der Waals surface area contributed by atoms with Gasteiger partial charge in [-0.25, -0.2) is 4.39 Å². The highest BCUT2D eigenvalue weighted by Crippen LogP contribution is 2.27. The number of piperidine rings is 1. The molecule has 2 aliphatic heterocycles. The second-order valence-corrected chi connectivity index (χ2v) is 12.4. The molecule has 1 amide bonds. The van der Waals surface area contributed by atoms with Gasteiger partial charge in [-0.3, -0.25) is 9.69 Å². The van der Waals surface area contributed by atoms with E-state index < -0.39 is 0 Å². The minimum absolute atomic E-state index is 0.102. The van der Waals surface area contributed by atoms with E-state index in [0.717, 1.165) is 54.3 Å². The number of hydrogen-bond donors (Lipinski definition) is 2. The molecule has 5 nitrogen and oxygen atoms in total. The first kappa shape index (κ1) is 28.5. The van der Waals surface area contributed by atoms with Crippen LogP contribution in [-0.2, 0) is 19.6 Å². The van der Waals surface area contributed by atoms with Crippen LogP contribution in [-0.4, -0.2) is 61.1 Å². The molecule has 0 aromatic heterocycles. The van der Waals surface area contributed by atoms with Crippen LogP contribution in [0.2, 0.25) is 0 Å². The SMILES string of the molecule is CC1CC[N+](C)(Cc2cccc(C(=O)NCc3ccc(F)c(-c4cccc(CN5CCN[C@@H](C)C5)c4)c3)c2)CC1. The zero-order valence-corrected chi connectivity index (χ0v) is 24.3. The van der Waals surface area contributed by atoms with Gasteiger partial charge in [0.1, 0.15) is 12.4 Å². The zero-order valence-electron chi connectivity index (χ0n) is 24.3. The van der Waals surface area contributed by atoms with Crippen molar-refractivity contribution >= 4 is 5.91 Å². The molecule has 2 saturated heterocycles. The van der Waals surface area contributed by atoms with Gasteiger partial charge >= 0.3 is 0 Å². The Morgan fingerprint density at radius 2 is 1.77 bits per heavy atom. The second kappa shape index (κ2) is 12.6. The van der Waals surface area contributed by atoms with E-state index in [1.807, 2.05) is 36.4 Å². The highest BCUT2D eigenvalue weighted by atomic mass is 19.1. The van der Waals surface area contributed by atoms with Gasteiger partial charge in [0.15, 0.2) is 0 Å². The molecule has 1 atom stereocenters. The molecule has 0 unspecified atom stereocenters. The molecule has 0 bridgehead atoms. The van der Waals surface area contributed by atoms with E-state index in [0.29, 0.717) is 23.7 Å². The number of nitrogens with one attached hydrogen (secondary N) is 2. The highest BCUT2D eigenvalue weighted by molar-refractivity contribution is 5.94. The largest absolute Gasteiger partial charge is 0.348 e. The van der Waals surface area contributed by atoms with Crippen LogP contribution >= 0.6 is 0 Å². The van der Waals surface area contributed by atoms with Gasteiger partial charge in [-0.05, 0) is 72.7 Å². The van der Waals surface area contributed by atoms with Crippen molar-refractivity contribution in [2.75, 3.05) is 39.8 Å². The zero-order chi connectivity index (χ0) is 28.1. The van der Waals surface area contributed by atoms with Crippen LogP contribution in [0.5, 0.6) is 0 Å². The molecule has 0 saturated carbocycles. The van der Waals surface area contributed by atoms with Gasteiger partial charge in [0, 0.05) is 55.5 Å². The predicted octanol–water partition coefficient (Wildman–Crippen LogP) is 5.59. The normalized spacial score (nSPS) is 23.6. The molecule has 40 heavy (non-hydrogen) atoms. The van der Waals surface area contributed by atoms with E-state index in [4.69, 9.17) is 0 Å². The van der Waals surface area contributed by atoms with E-state index >= 15 is 0 Å². The van der Waals surface area contributed by atoms with E-state index in [2.05, 4.69) is 54.6 Å². The number of nitrogens with zero attached hydrogens (tertiary/aromatic N) is 2. The number of quaternary nitrogens is 1. The van der Waals surface area contributed by atoms with Crippen molar-refractivity contribution in [1.29, 1.82) is 0 Å². The summed E-state index contributed by atoms with van der Waals surface area (Å²) in [4.78, 5) is 15.5. The topological polar surface area (TPSA) is 44.4 Å². The fourth-order valence-corrected chi connectivity index (χ4v) is 6.17. The first-order valence-electron chi connectivity index (χ1n) is 14.8. The molecule has 6 heteroatoms. The molecule has 0 aliphatic carbocycles. The summed E-state index contributed by atoms with van der Waals surface area (Å²) in [7, 11) is 2.33. The third kappa shape index (κ3) is 7.36. The number of halogens is 1. The van der Waals surface area contributed by atoms with E-state index in [-0.39, 0.29) is 11.7 Å². The summed E-state index contributed by atoms with van der Waals surface area (Å²) in [5.74, 6) is 0.454. The Labute approximate surface area is 239 Å². The molecule has 2 fully saturated rings. The smallest absolute Gasteiger partial charge is 0.251 e. The number of likely N-dealkylation sites (tertiary alicyclic amines) is 1. The lowest BCUT2D eigenvalue weighted by molar-refractivity contribution is -0.928. The van der Waals surface area contributed by atoms with Crippen LogP contribution in [0, 0.1) is 11.7 Å². The predicted molar refractivity (Wildman–Crippen MR) is 160 cm³/mol. The molecular weight excluding hydrogens is 499 g/mol. The number of piperazine rings is 1. The maximum Gasteiger partial charge on any atom is 0.251 e. The fraction of sp³-hybridized carbons (Fsp3) is 0.441. The molecule has 2 N–H and O–H groups in total. The minimum Gasteiger partial charge on any atom is -0.348 e. The van der Waals surface area contributed by atoms with Crippen molar-refractivity contribution in [3.05, 3.63) is 94.8 Å². The summed E-state index contributed by atoms with van der Waals surface area (Å²) < 4.78 is 16.0. The summed E-state index contributed by atoms with van der Waals surface area (Å²) in [5.41, 5.74) is 5.36. The van der Waals surface area contributed by atoms with Gasteiger partial charge in [-0.15, -0.1) is 0 Å². The van der Waals surface area contributed by atoms with Crippen LogP contribution in [0.3, 0.4) is 0 Å². The quantitative estimate of drug-likeness (QED) is 0.364. The van der Waals surface area contributed by atoms with Crippen molar-refractivity contribution in [3.63, 3.8) is 0 Å². The van der Waals surface area contributed by atoms with Crippen molar-refractivity contribution in [1.82, 2.24) is 15.5 Å². The Morgan fingerprint density at radius 1 is 1.00 bits per heavy atom. The second-order valence-electron chi connectivity index (χ2n) is 12.4. The number of carbonyl (C=O) groups is 1. The summed E-state index contributed by atoms with van der Waals surface area (Å²) in [5, 5.41) is 6.53. The van der Waals surface area contributed by atoms with Crippen LogP contribution in [0.4, 0.5) is 4.39 Å². The van der Waals surface area contributed by atoms with E-state index in [1.165, 1.54) is 43.1 Å². The molecule has 0 radical (unpaired) electrons. The molecule has 3 aromatic carbocycles. The lowest BCUT2D eigenvalue weighted by Crippen LogP contribution is -2.48. The number of carbonyl (C=O) groups excluding carboxylic acids is 1. The fourth-order valence-electron chi connectivity index (χ4n) is 6.17. The van der Waals surface area contributed by atoms with Gasteiger partial charge in [0.2, 0.25) is 0 Å². The number of hydrogen-bond acceptors (Lipinski definition) is 3. The third-order valence-electron chi connectivity index (χ3n) is 8.66. The van der Waals surface area contributed by atoms with E-state index in [1.54, 1.807) is 6.07 Å². The third-order valence-corrected chi connectivity index (χ3v) is 8.66. The van der Waals surface area contributed by atoms with Gasteiger partial charge in [0.25, 0.3) is 5.91 Å². The maximum atomic E-state index is 14.9. The Balaban J connectivity index is 1.23. The number of benzene rings is 3. The molecule has 5 rings (SSSR count). The summed E-state index contributed by atoms with van der Waals surface area (Å²) >= 11 is 0. The highest BCUT2D eigenvalue weighted by Gasteiger charge is 2.28. The summed E-state index contributed by atoms with van der Waals surface area (Å²) in [6.07, 6.45) is 2.52. The standard InChI is InChI=1S/C34H43FN4O/c1-25-12-16-39(3,17-13-25)24-29-7-5-9-31(19-29)34(40)37-21-27-10-11-33(35)32(20-27)30-8-4-6-28(18-30)23-38-15-14-36-26(2)22-38/h4-11,18-20,25-26,36H,12-17,21-24H2,1-3H3/p+1/t25?,26-,39?/m0/s1. The van der Waals surface area contributed by atoms with Crippen molar-refractivity contribution in [3.8, 4) is 11.1 Å². The number of rotatable bonds is 8. The molecule has 2 heterocycles. The Hall–Kier alpha value is -3.06. The molecule has 2 aliphatic rings. The monoisotopic (exact) mass is 543 g/mol. The lowest BCUT2D eigenvalue weighted by atomic mass is 9.96. The maximum absolute atomic E-state index is 14.9. The molecule has 212 valence electrons. The van der Waals surface area contributed by atoms with Gasteiger partial charge in [-0.1, -0.05) is 43.3 Å².